The molecule has 2 amide bonds. The van der Waals surface area contributed by atoms with Crippen molar-refractivity contribution in [3.63, 3.8) is 0 Å². The summed E-state index contributed by atoms with van der Waals surface area (Å²) in [6.07, 6.45) is 1.63. The third-order valence-electron chi connectivity index (χ3n) is 3.96. The number of anilines is 1. The predicted molar refractivity (Wildman–Crippen MR) is 101 cm³/mol. The van der Waals surface area contributed by atoms with Gasteiger partial charge in [0.25, 0.3) is 0 Å². The van der Waals surface area contributed by atoms with Gasteiger partial charge in [-0.2, -0.15) is 0 Å². The number of aromatic nitrogens is 1. The second-order valence-corrected chi connectivity index (χ2v) is 6.35. The summed E-state index contributed by atoms with van der Waals surface area (Å²) in [7, 11) is 0. The first-order valence-corrected chi connectivity index (χ1v) is 8.62. The van der Waals surface area contributed by atoms with Gasteiger partial charge in [-0.05, 0) is 45.0 Å². The highest BCUT2D eigenvalue weighted by Gasteiger charge is 2.36. The third kappa shape index (κ3) is 5.13. The molecule has 0 saturated carbocycles. The van der Waals surface area contributed by atoms with Crippen LogP contribution in [0.5, 0.6) is 0 Å². The van der Waals surface area contributed by atoms with Crippen LogP contribution in [0.4, 0.5) is 5.69 Å². The number of nitrogens with zero attached hydrogens (tertiary/aromatic N) is 1. The minimum atomic E-state index is -1.35. The van der Waals surface area contributed by atoms with Gasteiger partial charge in [0, 0.05) is 6.20 Å². The maximum atomic E-state index is 12.7. The highest BCUT2D eigenvalue weighted by molar-refractivity contribution is 6.11. The molecule has 0 fully saturated rings. The Bertz CT molecular complexity index is 819. The molecule has 0 aliphatic heterocycles. The number of carbonyl (C=O) groups excluding carboxylic acids is 3. The van der Waals surface area contributed by atoms with Crippen molar-refractivity contribution in [3.05, 3.63) is 59.9 Å². The molecule has 0 aliphatic rings. The number of carbonyl (C=O) groups is 3. The molecule has 142 valence electrons. The van der Waals surface area contributed by atoms with E-state index < -0.39 is 23.2 Å². The smallest absolute Gasteiger partial charge is 0.340 e. The second-order valence-electron chi connectivity index (χ2n) is 6.35. The number of nitrogens with one attached hydrogen (secondary N) is 2. The summed E-state index contributed by atoms with van der Waals surface area (Å²) in [4.78, 5) is 41.3. The normalized spacial score (nSPS) is 10.8. The lowest BCUT2D eigenvalue weighted by atomic mass is 9.90. The summed E-state index contributed by atoms with van der Waals surface area (Å²) in [6.45, 7) is 5.18. The lowest BCUT2D eigenvalue weighted by Gasteiger charge is -2.23. The Labute approximate surface area is 158 Å². The molecule has 1 heterocycles. The number of esters is 1. The van der Waals surface area contributed by atoms with Gasteiger partial charge in [-0.1, -0.05) is 18.2 Å². The van der Waals surface area contributed by atoms with Crippen LogP contribution in [0.3, 0.4) is 0 Å². The van der Waals surface area contributed by atoms with Crippen molar-refractivity contribution in [2.45, 2.75) is 27.3 Å². The van der Waals surface area contributed by atoms with Gasteiger partial charge in [0.1, 0.15) is 5.41 Å². The van der Waals surface area contributed by atoms with Gasteiger partial charge in [0.15, 0.2) is 0 Å². The summed E-state index contributed by atoms with van der Waals surface area (Å²) in [5.41, 5.74) is -0.130. The molecule has 0 radical (unpaired) electrons. The van der Waals surface area contributed by atoms with Crippen LogP contribution in [-0.2, 0) is 20.9 Å². The average molecular weight is 369 g/mol. The van der Waals surface area contributed by atoms with Crippen LogP contribution in [0.25, 0.3) is 0 Å². The first-order chi connectivity index (χ1) is 12.9. The highest BCUT2D eigenvalue weighted by Crippen LogP contribution is 2.22. The van der Waals surface area contributed by atoms with Gasteiger partial charge in [-0.15, -0.1) is 0 Å². The molecule has 2 N–H and O–H groups in total. The predicted octanol–water partition coefficient (Wildman–Crippen LogP) is 2.54. The zero-order valence-corrected chi connectivity index (χ0v) is 15.6. The molecule has 0 bridgehead atoms. The van der Waals surface area contributed by atoms with E-state index in [1.54, 1.807) is 49.5 Å². The van der Waals surface area contributed by atoms with Crippen molar-refractivity contribution in [1.82, 2.24) is 10.3 Å². The second kappa shape index (κ2) is 8.93. The zero-order chi connectivity index (χ0) is 19.9. The Morgan fingerprint density at radius 1 is 1.04 bits per heavy atom. The molecule has 2 rings (SSSR count). The van der Waals surface area contributed by atoms with E-state index in [2.05, 4.69) is 15.6 Å². The minimum Gasteiger partial charge on any atom is -0.462 e. The quantitative estimate of drug-likeness (QED) is 0.577. The van der Waals surface area contributed by atoms with E-state index in [1.807, 2.05) is 6.07 Å². The minimum absolute atomic E-state index is 0.218. The van der Waals surface area contributed by atoms with E-state index in [0.717, 1.165) is 0 Å². The van der Waals surface area contributed by atoms with Crippen molar-refractivity contribution in [3.8, 4) is 0 Å². The van der Waals surface area contributed by atoms with E-state index in [1.165, 1.54) is 13.8 Å². The number of hydrogen-bond donors (Lipinski definition) is 2. The number of hydrogen-bond acceptors (Lipinski definition) is 5. The van der Waals surface area contributed by atoms with Crippen LogP contribution < -0.4 is 10.6 Å². The largest absolute Gasteiger partial charge is 0.462 e. The van der Waals surface area contributed by atoms with Gasteiger partial charge < -0.3 is 15.4 Å². The number of amides is 2. The van der Waals surface area contributed by atoms with Gasteiger partial charge >= 0.3 is 5.97 Å². The summed E-state index contributed by atoms with van der Waals surface area (Å²) in [6, 6.07) is 11.9. The van der Waals surface area contributed by atoms with E-state index in [0.29, 0.717) is 11.4 Å². The van der Waals surface area contributed by atoms with Crippen LogP contribution >= 0.6 is 0 Å². The van der Waals surface area contributed by atoms with E-state index in [4.69, 9.17) is 4.74 Å². The maximum Gasteiger partial charge on any atom is 0.340 e. The fraction of sp³-hybridized carbons (Fsp3) is 0.300. The van der Waals surface area contributed by atoms with Crippen molar-refractivity contribution in [2.75, 3.05) is 11.9 Å². The van der Waals surface area contributed by atoms with Crippen LogP contribution in [0, 0.1) is 5.41 Å². The Hall–Kier alpha value is -3.22. The maximum absolute atomic E-state index is 12.7. The molecule has 0 spiro atoms. The number of para-hydroxylation sites is 1. The molecular weight excluding hydrogens is 346 g/mol. The molecule has 27 heavy (non-hydrogen) atoms. The fourth-order valence-corrected chi connectivity index (χ4v) is 2.26. The van der Waals surface area contributed by atoms with Crippen LogP contribution in [0.15, 0.2) is 48.7 Å². The van der Waals surface area contributed by atoms with Gasteiger partial charge in [0.2, 0.25) is 11.8 Å². The molecule has 7 heteroatoms. The Morgan fingerprint density at radius 2 is 1.74 bits per heavy atom. The topological polar surface area (TPSA) is 97.4 Å². The SMILES string of the molecule is CCOC(=O)c1ccccc1NC(=O)C(C)(C)C(=O)NCc1ccccn1. The molecule has 1 aromatic heterocycles. The van der Waals surface area contributed by atoms with Crippen molar-refractivity contribution in [2.24, 2.45) is 5.41 Å². The first kappa shape index (κ1) is 20.1. The molecule has 0 atom stereocenters. The Morgan fingerprint density at radius 3 is 2.41 bits per heavy atom. The number of benzene rings is 1. The van der Waals surface area contributed by atoms with E-state index >= 15 is 0 Å². The van der Waals surface area contributed by atoms with E-state index in [9.17, 15) is 14.4 Å². The molecule has 0 unspecified atom stereocenters. The Kier molecular flexibility index (Phi) is 6.65. The molecular formula is C20H23N3O4. The van der Waals surface area contributed by atoms with Gasteiger partial charge in [0.05, 0.1) is 30.1 Å². The molecule has 0 aliphatic carbocycles. The van der Waals surface area contributed by atoms with Crippen LogP contribution in [0.2, 0.25) is 0 Å². The molecule has 0 saturated heterocycles. The summed E-state index contributed by atoms with van der Waals surface area (Å²) >= 11 is 0. The standard InChI is InChI=1S/C20H23N3O4/c1-4-27-17(24)15-10-5-6-11-16(15)23-19(26)20(2,3)18(25)22-13-14-9-7-8-12-21-14/h5-12H,4,13H2,1-3H3,(H,22,25)(H,23,26). The van der Waals surface area contributed by atoms with Crippen LogP contribution in [-0.4, -0.2) is 29.4 Å². The van der Waals surface area contributed by atoms with Crippen molar-refractivity contribution >= 4 is 23.5 Å². The third-order valence-corrected chi connectivity index (χ3v) is 3.96. The lowest BCUT2D eigenvalue weighted by Crippen LogP contribution is -2.45. The molecule has 1 aromatic carbocycles. The van der Waals surface area contributed by atoms with Crippen LogP contribution in [0.1, 0.15) is 36.8 Å². The number of pyridine rings is 1. The highest BCUT2D eigenvalue weighted by atomic mass is 16.5. The summed E-state index contributed by atoms with van der Waals surface area (Å²) in [5, 5.41) is 5.36. The lowest BCUT2D eigenvalue weighted by molar-refractivity contribution is -0.138. The zero-order valence-electron chi connectivity index (χ0n) is 15.6. The van der Waals surface area contributed by atoms with Crippen molar-refractivity contribution < 1.29 is 19.1 Å². The Balaban J connectivity index is 2.07. The molecule has 2 aromatic rings. The first-order valence-electron chi connectivity index (χ1n) is 8.62. The number of rotatable bonds is 7. The van der Waals surface area contributed by atoms with E-state index in [-0.39, 0.29) is 18.7 Å². The number of ether oxygens (including phenoxy) is 1. The van der Waals surface area contributed by atoms with Gasteiger partial charge in [-0.3, -0.25) is 14.6 Å². The summed E-state index contributed by atoms with van der Waals surface area (Å²) in [5.74, 6) is -1.51. The van der Waals surface area contributed by atoms with Gasteiger partial charge in [-0.25, -0.2) is 4.79 Å². The monoisotopic (exact) mass is 369 g/mol. The molecule has 7 nitrogen and oxygen atoms in total. The average Bonchev–Trinajstić information content (AvgIpc) is 2.67. The summed E-state index contributed by atoms with van der Waals surface area (Å²) < 4.78 is 4.99. The van der Waals surface area contributed by atoms with Crippen molar-refractivity contribution in [1.29, 1.82) is 0 Å². The fourth-order valence-electron chi connectivity index (χ4n) is 2.26.